The van der Waals surface area contributed by atoms with Crippen LogP contribution in [0.15, 0.2) is 29.6 Å². The molecule has 1 aromatic carbocycles. The average molecular weight is 289 g/mol. The second-order valence-electron chi connectivity index (χ2n) is 4.71. The zero-order valence-corrected chi connectivity index (χ0v) is 11.8. The minimum absolute atomic E-state index is 0.261. The molecular formula is C14H15N3O2S. The van der Waals surface area contributed by atoms with Crippen molar-refractivity contribution in [1.29, 1.82) is 0 Å². The first-order chi connectivity index (χ1) is 9.69. The molecule has 2 aromatic rings. The van der Waals surface area contributed by atoms with Crippen molar-refractivity contribution in [2.75, 3.05) is 12.4 Å². The summed E-state index contributed by atoms with van der Waals surface area (Å²) in [4.78, 5) is 16.3. The lowest BCUT2D eigenvalue weighted by Gasteiger charge is -2.17. The molecule has 1 amide bonds. The van der Waals surface area contributed by atoms with Crippen molar-refractivity contribution in [3.63, 3.8) is 0 Å². The molecule has 2 atom stereocenters. The molecule has 0 fully saturated rings. The maximum atomic E-state index is 12.2. The maximum Gasteiger partial charge on any atom is 0.271 e. The Balaban J connectivity index is 1.79. The van der Waals surface area contributed by atoms with Gasteiger partial charge in [0.1, 0.15) is 5.69 Å². The minimum Gasteiger partial charge on any atom is -0.390 e. The van der Waals surface area contributed by atoms with Crippen LogP contribution < -0.4 is 10.6 Å². The first kappa shape index (κ1) is 13.1. The summed E-state index contributed by atoms with van der Waals surface area (Å²) < 4.78 is 0. The Morgan fingerprint density at radius 3 is 3.00 bits per heavy atom. The van der Waals surface area contributed by atoms with E-state index in [4.69, 9.17) is 0 Å². The van der Waals surface area contributed by atoms with E-state index in [1.807, 2.05) is 24.3 Å². The molecule has 20 heavy (non-hydrogen) atoms. The summed E-state index contributed by atoms with van der Waals surface area (Å²) in [6.45, 7) is 0. The van der Waals surface area contributed by atoms with Crippen LogP contribution in [0.25, 0.3) is 0 Å². The summed E-state index contributed by atoms with van der Waals surface area (Å²) in [7, 11) is 1.76. The van der Waals surface area contributed by atoms with Crippen LogP contribution in [-0.4, -0.2) is 29.1 Å². The summed E-state index contributed by atoms with van der Waals surface area (Å²) in [5.41, 5.74) is 2.44. The molecule has 0 radical (unpaired) electrons. The molecule has 0 aliphatic heterocycles. The predicted molar refractivity (Wildman–Crippen MR) is 78.0 cm³/mol. The van der Waals surface area contributed by atoms with Gasteiger partial charge in [-0.3, -0.25) is 4.79 Å². The largest absolute Gasteiger partial charge is 0.390 e. The van der Waals surface area contributed by atoms with Gasteiger partial charge in [0.25, 0.3) is 5.91 Å². The van der Waals surface area contributed by atoms with Crippen LogP contribution in [0.5, 0.6) is 0 Å². The molecule has 1 aliphatic carbocycles. The van der Waals surface area contributed by atoms with Crippen molar-refractivity contribution in [3.8, 4) is 0 Å². The maximum absolute atomic E-state index is 12.2. The SMILES string of the molecule is CNc1nc(C(=O)NC2c3ccccc3CC2O)cs1. The molecule has 1 aliphatic rings. The van der Waals surface area contributed by atoms with Crippen LogP contribution in [-0.2, 0) is 6.42 Å². The number of carbonyl (C=O) groups is 1. The molecule has 0 bridgehead atoms. The fourth-order valence-electron chi connectivity index (χ4n) is 2.46. The van der Waals surface area contributed by atoms with Gasteiger partial charge in [0, 0.05) is 18.8 Å². The molecule has 2 unspecified atom stereocenters. The summed E-state index contributed by atoms with van der Waals surface area (Å²) in [5, 5.41) is 18.3. The number of nitrogens with zero attached hydrogens (tertiary/aromatic N) is 1. The summed E-state index contributed by atoms with van der Waals surface area (Å²) in [5.74, 6) is -0.261. The van der Waals surface area contributed by atoms with Gasteiger partial charge in [-0.15, -0.1) is 11.3 Å². The van der Waals surface area contributed by atoms with Crippen molar-refractivity contribution in [3.05, 3.63) is 46.5 Å². The summed E-state index contributed by atoms with van der Waals surface area (Å²) >= 11 is 1.38. The van der Waals surface area contributed by atoms with Crippen LogP contribution in [0.1, 0.15) is 27.7 Å². The number of fused-ring (bicyclic) bond motifs is 1. The lowest BCUT2D eigenvalue weighted by atomic mass is 10.1. The molecule has 3 rings (SSSR count). The first-order valence-electron chi connectivity index (χ1n) is 6.39. The van der Waals surface area contributed by atoms with Gasteiger partial charge in [0.15, 0.2) is 5.13 Å². The highest BCUT2D eigenvalue weighted by Crippen LogP contribution is 2.31. The predicted octanol–water partition coefficient (Wildman–Crippen LogP) is 1.57. The Morgan fingerprint density at radius 1 is 1.45 bits per heavy atom. The number of carbonyl (C=O) groups excluding carboxylic acids is 1. The van der Waals surface area contributed by atoms with E-state index in [0.29, 0.717) is 17.2 Å². The number of rotatable bonds is 3. The van der Waals surface area contributed by atoms with Gasteiger partial charge >= 0.3 is 0 Å². The topological polar surface area (TPSA) is 74.2 Å². The number of anilines is 1. The summed E-state index contributed by atoms with van der Waals surface area (Å²) in [6, 6.07) is 7.41. The lowest BCUT2D eigenvalue weighted by molar-refractivity contribution is 0.0854. The van der Waals surface area contributed by atoms with Crippen molar-refractivity contribution in [1.82, 2.24) is 10.3 Å². The number of hydrogen-bond donors (Lipinski definition) is 3. The second-order valence-corrected chi connectivity index (χ2v) is 5.57. The van der Waals surface area contributed by atoms with Crippen LogP contribution in [0.3, 0.4) is 0 Å². The summed E-state index contributed by atoms with van der Waals surface area (Å²) in [6.07, 6.45) is -0.0151. The molecule has 6 heteroatoms. The number of thiazole rings is 1. The van der Waals surface area contributed by atoms with Crippen molar-refractivity contribution >= 4 is 22.4 Å². The number of hydrogen-bond acceptors (Lipinski definition) is 5. The fourth-order valence-corrected chi connectivity index (χ4v) is 3.11. The lowest BCUT2D eigenvalue weighted by Crippen LogP contribution is -2.34. The zero-order valence-electron chi connectivity index (χ0n) is 11.0. The Morgan fingerprint density at radius 2 is 2.25 bits per heavy atom. The third-order valence-electron chi connectivity index (χ3n) is 3.44. The number of aromatic nitrogens is 1. The second kappa shape index (κ2) is 5.22. The average Bonchev–Trinajstić information content (AvgIpc) is 3.04. The molecule has 3 N–H and O–H groups in total. The molecule has 0 saturated carbocycles. The van der Waals surface area contributed by atoms with Gasteiger partial charge in [0.2, 0.25) is 0 Å². The van der Waals surface area contributed by atoms with E-state index in [1.165, 1.54) is 11.3 Å². The van der Waals surface area contributed by atoms with Crippen LogP contribution in [0.4, 0.5) is 5.13 Å². The first-order valence-corrected chi connectivity index (χ1v) is 7.27. The third kappa shape index (κ3) is 2.28. The molecule has 5 nitrogen and oxygen atoms in total. The van der Waals surface area contributed by atoms with E-state index < -0.39 is 6.10 Å². The monoisotopic (exact) mass is 289 g/mol. The van der Waals surface area contributed by atoms with Crippen LogP contribution >= 0.6 is 11.3 Å². The Bertz CT molecular complexity index is 641. The van der Waals surface area contributed by atoms with E-state index in [9.17, 15) is 9.90 Å². The molecule has 0 spiro atoms. The van der Waals surface area contributed by atoms with E-state index in [2.05, 4.69) is 15.6 Å². The number of benzene rings is 1. The van der Waals surface area contributed by atoms with Crippen LogP contribution in [0.2, 0.25) is 0 Å². The smallest absolute Gasteiger partial charge is 0.271 e. The Labute approximate surface area is 120 Å². The highest BCUT2D eigenvalue weighted by atomic mass is 32.1. The number of nitrogens with one attached hydrogen (secondary N) is 2. The fraction of sp³-hybridized carbons (Fsp3) is 0.286. The van der Waals surface area contributed by atoms with E-state index in [0.717, 1.165) is 11.1 Å². The third-order valence-corrected chi connectivity index (χ3v) is 4.30. The van der Waals surface area contributed by atoms with Crippen molar-refractivity contribution < 1.29 is 9.90 Å². The van der Waals surface area contributed by atoms with E-state index in [1.54, 1.807) is 12.4 Å². The highest BCUT2D eigenvalue weighted by Gasteiger charge is 2.32. The zero-order chi connectivity index (χ0) is 14.1. The number of amides is 1. The van der Waals surface area contributed by atoms with Gasteiger partial charge in [-0.05, 0) is 11.1 Å². The highest BCUT2D eigenvalue weighted by molar-refractivity contribution is 7.13. The van der Waals surface area contributed by atoms with E-state index >= 15 is 0 Å². The van der Waals surface area contributed by atoms with Gasteiger partial charge in [0.05, 0.1) is 12.1 Å². The van der Waals surface area contributed by atoms with Gasteiger partial charge in [-0.2, -0.15) is 0 Å². The quantitative estimate of drug-likeness (QED) is 0.802. The number of aliphatic hydroxyl groups excluding tert-OH is 1. The van der Waals surface area contributed by atoms with Gasteiger partial charge in [-0.1, -0.05) is 24.3 Å². The van der Waals surface area contributed by atoms with Gasteiger partial charge < -0.3 is 15.7 Å². The molecule has 0 saturated heterocycles. The Hall–Kier alpha value is -1.92. The van der Waals surface area contributed by atoms with Crippen LogP contribution in [0, 0.1) is 0 Å². The van der Waals surface area contributed by atoms with Gasteiger partial charge in [-0.25, -0.2) is 4.98 Å². The normalized spacial score (nSPS) is 20.5. The molecular weight excluding hydrogens is 274 g/mol. The van der Waals surface area contributed by atoms with Crippen molar-refractivity contribution in [2.45, 2.75) is 18.6 Å². The standard InChI is InChI=1S/C14H15N3O2S/c1-15-14-16-10(7-20-14)13(19)17-12-9-5-3-2-4-8(9)6-11(12)18/h2-5,7,11-12,18H,6H2,1H3,(H,15,16)(H,17,19). The number of aliphatic hydroxyl groups is 1. The van der Waals surface area contributed by atoms with E-state index in [-0.39, 0.29) is 11.9 Å². The molecule has 1 heterocycles. The van der Waals surface area contributed by atoms with Crippen molar-refractivity contribution in [2.24, 2.45) is 0 Å². The molecule has 1 aromatic heterocycles. The Kier molecular flexibility index (Phi) is 3.42. The minimum atomic E-state index is -0.584. The molecule has 104 valence electrons.